The van der Waals surface area contributed by atoms with Gasteiger partial charge in [0.25, 0.3) is 0 Å². The molecular formula is C88H132N20O28S2. The Morgan fingerprint density at radius 3 is 1.49 bits per heavy atom. The number of aromatic nitrogens is 4. The molecule has 0 saturated carbocycles. The largest absolute Gasteiger partial charge is 0.481 e. The number of hydrogen-bond donors (Lipinski definition) is 22. The Bertz CT molecular complexity index is 4760. The van der Waals surface area contributed by atoms with E-state index in [0.29, 0.717) is 106 Å². The predicted octanol–water partition coefficient (Wildman–Crippen LogP) is -4.34. The average molecular weight is 1980 g/mol. The minimum atomic E-state index is -1.79. The summed E-state index contributed by atoms with van der Waals surface area (Å²) in [5.41, 5.74) is 14.0. The number of carbonyl (C=O) groups excluding carboxylic acids is 15. The van der Waals surface area contributed by atoms with E-state index in [1.165, 1.54) is 26.4 Å². The van der Waals surface area contributed by atoms with Gasteiger partial charge in [-0.2, -0.15) is 0 Å². The Kier molecular flexibility index (Phi) is 52.2. The molecular weight excluding hydrogens is 1850 g/mol. The maximum absolute atomic E-state index is 15.3. The van der Waals surface area contributed by atoms with Gasteiger partial charge in [-0.1, -0.05) is 85.7 Å². The standard InChI is InChI=1S/C88H132N20O28S2/c1-50(2)38-64-85(125)107-75(51(3)4)88(128)103-66(40-56-44-94-61-15-11-9-13-59(56)61)83(123)106-70(87(127)108-76(53(6)109)77(90)117)48-138-137-47-69(105-81(121)62(16-18-73(113)114)98-71(111)20-22-129-24-26-131-28-30-133-32-34-135-36-37-136-35-33-134-31-29-132-27-25-130-23-21-92-54(7)110)86(126)97-52(5)78(118)100-65(39-55-43-93-60-14-10-8-12-58(55)60)82(122)102-67(41-57-45-91-49-96-57)84(124)104-68(42-89)79(119)95-46-72(112)99-63(80(120)101-64)17-19-74(115)116/h8-15,43-45,49-53,62-70,75-76,93-94,109H,16-42,46-48,89H2,1-7H3,(H2,90,117)(H,91,96)(H,92,110)(H,95,119)(H,97,126)(H,98,111)(H,99,112)(H,100,118)(H,101,120)(H,102,122)(H,103,128)(H,104,124)(H,105,121)(H,106,123)(H,107,125)(H,108,127)(H,113,114)(H,115,116)/t52-,53?,62+,63+,64-,65+,66+,67+,68+,69-,70-,75?,76+/m1/s1. The first kappa shape index (κ1) is 115. The number of carboxylic acids is 2. The molecule has 138 heavy (non-hydrogen) atoms. The number of aliphatic hydroxyl groups excluding tert-OH is 1. The Morgan fingerprint density at radius 1 is 0.514 bits per heavy atom. The number of nitrogens with one attached hydrogen (secondary N) is 17. The van der Waals surface area contributed by atoms with Crippen LogP contribution in [-0.2, 0) is 139 Å². The van der Waals surface area contributed by atoms with Crippen LogP contribution in [0.25, 0.3) is 21.8 Å². The van der Waals surface area contributed by atoms with Crippen LogP contribution in [0.15, 0.2) is 73.4 Å². The van der Waals surface area contributed by atoms with Gasteiger partial charge in [-0.05, 0) is 68.2 Å². The number of benzene rings is 2. The smallest absolute Gasteiger partial charge is 0.303 e. The summed E-state index contributed by atoms with van der Waals surface area (Å²) in [6.07, 6.45) is 0.143. The third kappa shape index (κ3) is 43.0. The van der Waals surface area contributed by atoms with Crippen LogP contribution >= 0.6 is 21.6 Å². The highest BCUT2D eigenvalue weighted by atomic mass is 33.1. The highest BCUT2D eigenvalue weighted by Gasteiger charge is 2.39. The molecule has 0 aliphatic carbocycles. The SMILES string of the molecule is CC(=O)NCCOCCOCCOCCOCCOCCOCCOCCOCCC(=O)N[C@@H](CCC(=O)O)C(=O)N[C@@H]1CSSC[C@H](C(=O)N[C@H](C(N)=O)C(C)O)NC(=O)[C@H](Cc2c[nH]c3ccccc23)NC(=O)C(C(C)C)NC(=O)[C@@H](CC(C)C)NC(=O)[C@H](CCC(=O)O)NC(=O)CNC(=O)[C@H](CN)NC(=O)[C@H](Cc2c[nH]cn2)NC(=O)[C@H](Cc2c[nH]c3ccccc23)NC(=O)[C@@H](C)NC1=O. The van der Waals surface area contributed by atoms with Crippen molar-refractivity contribution in [3.8, 4) is 0 Å². The van der Waals surface area contributed by atoms with Gasteiger partial charge in [0.2, 0.25) is 88.6 Å². The third-order valence-corrected chi connectivity index (χ3v) is 23.3. The highest BCUT2D eigenvalue weighted by molar-refractivity contribution is 8.76. The van der Waals surface area contributed by atoms with Crippen LogP contribution in [-0.4, -0.2) is 351 Å². The van der Waals surface area contributed by atoms with Gasteiger partial charge < -0.3 is 154 Å². The number of nitrogens with two attached hydrogens (primary N) is 2. The van der Waals surface area contributed by atoms with Crippen molar-refractivity contribution in [2.75, 3.05) is 137 Å². The number of para-hydroxylation sites is 2. The van der Waals surface area contributed by atoms with Crippen molar-refractivity contribution in [3.05, 3.63) is 90.3 Å². The van der Waals surface area contributed by atoms with Crippen LogP contribution in [0.1, 0.15) is 104 Å². The van der Waals surface area contributed by atoms with E-state index >= 15 is 19.2 Å². The normalized spacial score (nSPS) is 20.5. The van der Waals surface area contributed by atoms with Crippen molar-refractivity contribution in [3.63, 3.8) is 0 Å². The van der Waals surface area contributed by atoms with E-state index in [1.807, 2.05) is 0 Å². The number of aromatic amines is 3. The average Bonchev–Trinajstić information content (AvgIpc) is 1.63. The summed E-state index contributed by atoms with van der Waals surface area (Å²) in [4.78, 5) is 251. The quantitative estimate of drug-likeness (QED) is 0.0129. The van der Waals surface area contributed by atoms with Crippen molar-refractivity contribution >= 4 is 144 Å². The minimum Gasteiger partial charge on any atom is -0.481 e. The molecule has 50 heteroatoms. The molecule has 1 fully saturated rings. The molecule has 15 amide bonds. The van der Waals surface area contributed by atoms with Crippen LogP contribution in [0, 0.1) is 11.8 Å². The van der Waals surface area contributed by atoms with E-state index in [2.05, 4.69) is 94.4 Å². The summed E-state index contributed by atoms with van der Waals surface area (Å²) in [7, 11) is 1.53. The Hall–Kier alpha value is -12.0. The summed E-state index contributed by atoms with van der Waals surface area (Å²) in [6.45, 7) is 13.4. The maximum atomic E-state index is 15.3. The number of H-pyrrole nitrogens is 3. The zero-order valence-electron chi connectivity index (χ0n) is 78.3. The second-order valence-corrected chi connectivity index (χ2v) is 35.4. The van der Waals surface area contributed by atoms with Crippen LogP contribution in [0.5, 0.6) is 0 Å². The van der Waals surface area contributed by atoms with Crippen molar-refractivity contribution < 1.29 is 135 Å². The predicted molar refractivity (Wildman–Crippen MR) is 501 cm³/mol. The lowest BCUT2D eigenvalue weighted by Gasteiger charge is -2.29. The number of primary amides is 1. The fourth-order valence-corrected chi connectivity index (χ4v) is 15.9. The molecule has 6 rings (SSSR count). The summed E-state index contributed by atoms with van der Waals surface area (Å²) < 4.78 is 44.1. The lowest BCUT2D eigenvalue weighted by Crippen LogP contribution is -2.61. The summed E-state index contributed by atoms with van der Waals surface area (Å²) in [6, 6.07) is -6.23. The van der Waals surface area contributed by atoms with Crippen LogP contribution < -0.4 is 85.9 Å². The first-order chi connectivity index (χ1) is 66.0. The van der Waals surface area contributed by atoms with Gasteiger partial charge in [-0.25, -0.2) is 4.98 Å². The zero-order chi connectivity index (χ0) is 101. The second-order valence-electron chi connectivity index (χ2n) is 32.8. The number of carbonyl (C=O) groups is 17. The molecule has 13 atom stereocenters. The molecule has 0 spiro atoms. The molecule has 2 unspecified atom stereocenters. The van der Waals surface area contributed by atoms with E-state index in [-0.39, 0.29) is 89.3 Å². The minimum absolute atomic E-state index is 0.0123. The third-order valence-electron chi connectivity index (χ3n) is 20.9. The molecule has 24 N–H and O–H groups in total. The van der Waals surface area contributed by atoms with E-state index in [9.17, 15) is 77.6 Å². The number of fused-ring (bicyclic) bond motifs is 2. The molecule has 2 aromatic carbocycles. The number of ether oxygens (including phenoxy) is 8. The molecule has 5 aromatic rings. The Morgan fingerprint density at radius 2 is 0.993 bits per heavy atom. The Balaban J connectivity index is 1.27. The number of hydrogen-bond acceptors (Lipinski definition) is 30. The van der Waals surface area contributed by atoms with Crippen LogP contribution in [0.4, 0.5) is 0 Å². The van der Waals surface area contributed by atoms with Crippen molar-refractivity contribution in [1.29, 1.82) is 0 Å². The highest BCUT2D eigenvalue weighted by Crippen LogP contribution is 2.26. The number of aliphatic carboxylic acids is 2. The van der Waals surface area contributed by atoms with Gasteiger partial charge in [0.1, 0.15) is 72.5 Å². The van der Waals surface area contributed by atoms with Crippen molar-refractivity contribution in [2.45, 2.75) is 185 Å². The van der Waals surface area contributed by atoms with Gasteiger partial charge in [0.05, 0.1) is 130 Å². The number of nitrogens with zero attached hydrogens (tertiary/aromatic N) is 1. The van der Waals surface area contributed by atoms with E-state index in [0.717, 1.165) is 28.5 Å². The number of imidazole rings is 1. The van der Waals surface area contributed by atoms with Crippen LogP contribution in [0.3, 0.4) is 0 Å². The molecule has 48 nitrogen and oxygen atoms in total. The lowest BCUT2D eigenvalue weighted by atomic mass is 9.98. The number of aliphatic hydroxyl groups is 1. The van der Waals surface area contributed by atoms with Crippen molar-refractivity contribution in [1.82, 2.24) is 94.4 Å². The first-order valence-electron chi connectivity index (χ1n) is 45.2. The van der Waals surface area contributed by atoms with Crippen LogP contribution in [0.2, 0.25) is 0 Å². The molecule has 1 aliphatic rings. The monoisotopic (exact) mass is 1980 g/mol. The molecule has 3 aromatic heterocycles. The van der Waals surface area contributed by atoms with Gasteiger partial charge >= 0.3 is 11.9 Å². The number of carboxylic acid groups (broad SMARTS) is 2. The summed E-state index contributed by atoms with van der Waals surface area (Å²) in [5, 5.41) is 67.1. The lowest BCUT2D eigenvalue weighted by molar-refractivity contribution is -0.139. The summed E-state index contributed by atoms with van der Waals surface area (Å²) in [5.74, 6) is -19.9. The van der Waals surface area contributed by atoms with Gasteiger partial charge in [0.15, 0.2) is 0 Å². The molecule has 1 aliphatic heterocycles. The summed E-state index contributed by atoms with van der Waals surface area (Å²) >= 11 is 0. The fourth-order valence-electron chi connectivity index (χ4n) is 13.6. The number of amides is 15. The van der Waals surface area contributed by atoms with Crippen molar-refractivity contribution in [2.24, 2.45) is 23.3 Å². The second kappa shape index (κ2) is 62.8. The molecule has 1 saturated heterocycles. The maximum Gasteiger partial charge on any atom is 0.303 e. The Labute approximate surface area is 804 Å². The topological polar surface area (TPSA) is 705 Å². The first-order valence-corrected chi connectivity index (χ1v) is 47.7. The molecule has 4 heterocycles. The zero-order valence-corrected chi connectivity index (χ0v) is 79.9. The van der Waals surface area contributed by atoms with Gasteiger partial charge in [0, 0.05) is 110 Å². The number of rotatable bonds is 50. The molecule has 0 radical (unpaired) electrons. The van der Waals surface area contributed by atoms with E-state index in [1.54, 1.807) is 88.6 Å². The van der Waals surface area contributed by atoms with Gasteiger partial charge in [-0.3, -0.25) is 81.5 Å². The van der Waals surface area contributed by atoms with E-state index < -0.39 is 229 Å². The molecule has 764 valence electrons. The van der Waals surface area contributed by atoms with E-state index in [4.69, 9.17) is 49.4 Å². The van der Waals surface area contributed by atoms with Gasteiger partial charge in [-0.15, -0.1) is 0 Å². The molecule has 0 bridgehead atoms. The fraction of sp³-hybridized carbons (Fsp3) is 0.591.